The third-order valence-corrected chi connectivity index (χ3v) is 5.67. The first-order chi connectivity index (χ1) is 10.6. The molecule has 5 heteroatoms. The highest BCUT2D eigenvalue weighted by molar-refractivity contribution is 7.18. The Morgan fingerprint density at radius 2 is 2.00 bits per heavy atom. The van der Waals surface area contributed by atoms with Gasteiger partial charge >= 0.3 is 0 Å². The lowest BCUT2D eigenvalue weighted by molar-refractivity contribution is -0.134. The Hall–Kier alpha value is -1.46. The number of para-hydroxylation sites is 1. The van der Waals surface area contributed by atoms with Gasteiger partial charge in [0.1, 0.15) is 0 Å². The van der Waals surface area contributed by atoms with E-state index in [2.05, 4.69) is 18.2 Å². The molecular formula is C17H23N3OS. The summed E-state index contributed by atoms with van der Waals surface area (Å²) in [5, 5.41) is 1.21. The fourth-order valence-corrected chi connectivity index (χ4v) is 4.04. The second-order valence-electron chi connectivity index (χ2n) is 6.39. The Labute approximate surface area is 135 Å². The van der Waals surface area contributed by atoms with Crippen LogP contribution in [-0.4, -0.2) is 34.9 Å². The van der Waals surface area contributed by atoms with Crippen molar-refractivity contribution in [2.75, 3.05) is 13.1 Å². The predicted octanol–water partition coefficient (Wildman–Crippen LogP) is 2.99. The number of fused-ring (bicyclic) bond motifs is 1. The van der Waals surface area contributed by atoms with Crippen molar-refractivity contribution in [3.8, 4) is 0 Å². The van der Waals surface area contributed by atoms with Gasteiger partial charge in [-0.3, -0.25) is 4.79 Å². The van der Waals surface area contributed by atoms with Gasteiger partial charge in [-0.05, 0) is 30.9 Å². The average Bonchev–Trinajstić information content (AvgIpc) is 2.97. The van der Waals surface area contributed by atoms with Crippen LogP contribution in [0.15, 0.2) is 24.3 Å². The van der Waals surface area contributed by atoms with Crippen LogP contribution in [-0.2, 0) is 4.79 Å². The lowest BCUT2D eigenvalue weighted by Gasteiger charge is -2.33. The second kappa shape index (κ2) is 6.34. The number of piperidine rings is 1. The van der Waals surface area contributed by atoms with Crippen LogP contribution >= 0.6 is 11.3 Å². The van der Waals surface area contributed by atoms with Gasteiger partial charge in [-0.15, -0.1) is 11.3 Å². The Kier molecular flexibility index (Phi) is 4.45. The van der Waals surface area contributed by atoms with Crippen molar-refractivity contribution in [2.24, 2.45) is 11.7 Å². The molecule has 0 spiro atoms. The van der Waals surface area contributed by atoms with E-state index in [0.29, 0.717) is 5.92 Å². The van der Waals surface area contributed by atoms with E-state index in [9.17, 15) is 4.79 Å². The molecule has 4 nitrogen and oxygen atoms in total. The van der Waals surface area contributed by atoms with Crippen LogP contribution in [0.2, 0.25) is 0 Å². The molecule has 118 valence electrons. The zero-order valence-corrected chi connectivity index (χ0v) is 14.0. The first kappa shape index (κ1) is 15.4. The number of likely N-dealkylation sites (tertiary alicyclic amines) is 1. The van der Waals surface area contributed by atoms with Gasteiger partial charge in [-0.1, -0.05) is 26.0 Å². The molecule has 0 bridgehead atoms. The number of benzene rings is 1. The van der Waals surface area contributed by atoms with E-state index in [-0.39, 0.29) is 17.9 Å². The number of hydrogen-bond donors (Lipinski definition) is 1. The topological polar surface area (TPSA) is 59.2 Å². The van der Waals surface area contributed by atoms with E-state index < -0.39 is 0 Å². The molecule has 1 aliphatic rings. The number of carbonyl (C=O) groups is 1. The molecule has 0 radical (unpaired) electrons. The quantitative estimate of drug-likeness (QED) is 0.947. The second-order valence-corrected chi connectivity index (χ2v) is 7.45. The smallest absolute Gasteiger partial charge is 0.239 e. The Bertz CT molecular complexity index is 626. The summed E-state index contributed by atoms with van der Waals surface area (Å²) in [4.78, 5) is 19.0. The molecule has 2 heterocycles. The fraction of sp³-hybridized carbons (Fsp3) is 0.529. The molecule has 1 atom stereocenters. The molecule has 2 N–H and O–H groups in total. The van der Waals surface area contributed by atoms with Gasteiger partial charge in [0.2, 0.25) is 5.91 Å². The minimum atomic E-state index is -0.376. The molecule has 1 amide bonds. The molecule has 2 aromatic rings. The maximum Gasteiger partial charge on any atom is 0.239 e. The number of nitrogens with two attached hydrogens (primary N) is 1. The first-order valence-electron chi connectivity index (χ1n) is 7.96. The Morgan fingerprint density at radius 3 is 2.64 bits per heavy atom. The summed E-state index contributed by atoms with van der Waals surface area (Å²) < 4.78 is 1.25. The van der Waals surface area contributed by atoms with Crippen LogP contribution in [0.25, 0.3) is 10.2 Å². The number of amides is 1. The van der Waals surface area contributed by atoms with E-state index in [4.69, 9.17) is 10.7 Å². The zero-order valence-electron chi connectivity index (χ0n) is 13.2. The summed E-state index contributed by atoms with van der Waals surface area (Å²) in [6.07, 6.45) is 1.97. The van der Waals surface area contributed by atoms with Gasteiger partial charge < -0.3 is 10.6 Å². The highest BCUT2D eigenvalue weighted by Gasteiger charge is 2.29. The van der Waals surface area contributed by atoms with Crippen LogP contribution in [0.1, 0.15) is 37.6 Å². The van der Waals surface area contributed by atoms with Crippen molar-refractivity contribution in [2.45, 2.75) is 38.6 Å². The Morgan fingerprint density at radius 1 is 1.32 bits per heavy atom. The SMILES string of the molecule is CC(C)[C@@H](N)C(=O)N1CCC(c2nc3ccccc3s2)CC1. The minimum Gasteiger partial charge on any atom is -0.341 e. The first-order valence-corrected chi connectivity index (χ1v) is 8.77. The highest BCUT2D eigenvalue weighted by Crippen LogP contribution is 2.33. The van der Waals surface area contributed by atoms with Crippen LogP contribution in [0.4, 0.5) is 0 Å². The van der Waals surface area contributed by atoms with Crippen molar-refractivity contribution < 1.29 is 4.79 Å². The van der Waals surface area contributed by atoms with Gasteiger partial charge in [0, 0.05) is 19.0 Å². The number of thiazole rings is 1. The van der Waals surface area contributed by atoms with Crippen molar-refractivity contribution in [1.29, 1.82) is 0 Å². The molecule has 22 heavy (non-hydrogen) atoms. The van der Waals surface area contributed by atoms with Gasteiger partial charge in [-0.25, -0.2) is 4.98 Å². The summed E-state index contributed by atoms with van der Waals surface area (Å²) in [5.41, 5.74) is 7.07. The zero-order chi connectivity index (χ0) is 15.7. The van der Waals surface area contributed by atoms with Gasteiger partial charge in [0.25, 0.3) is 0 Å². The lowest BCUT2D eigenvalue weighted by atomic mass is 9.96. The number of hydrogen-bond acceptors (Lipinski definition) is 4. The monoisotopic (exact) mass is 317 g/mol. The number of nitrogens with zero attached hydrogens (tertiary/aromatic N) is 2. The molecule has 0 aliphatic carbocycles. The van der Waals surface area contributed by atoms with Crippen molar-refractivity contribution in [1.82, 2.24) is 9.88 Å². The summed E-state index contributed by atoms with van der Waals surface area (Å²) in [7, 11) is 0. The number of aromatic nitrogens is 1. The maximum absolute atomic E-state index is 12.3. The number of rotatable bonds is 3. The summed E-state index contributed by atoms with van der Waals surface area (Å²) in [6, 6.07) is 7.89. The predicted molar refractivity (Wildman–Crippen MR) is 91.0 cm³/mol. The van der Waals surface area contributed by atoms with Gasteiger partial charge in [0.05, 0.1) is 21.3 Å². The molecular weight excluding hydrogens is 294 g/mol. The molecule has 1 aromatic heterocycles. The third-order valence-electron chi connectivity index (χ3n) is 4.47. The molecule has 1 saturated heterocycles. The van der Waals surface area contributed by atoms with E-state index in [0.717, 1.165) is 31.4 Å². The summed E-state index contributed by atoms with van der Waals surface area (Å²) in [5.74, 6) is 0.754. The average molecular weight is 317 g/mol. The molecule has 1 aliphatic heterocycles. The van der Waals surface area contributed by atoms with Crippen LogP contribution in [0.3, 0.4) is 0 Å². The van der Waals surface area contributed by atoms with E-state index in [1.54, 1.807) is 11.3 Å². The van der Waals surface area contributed by atoms with Crippen LogP contribution in [0.5, 0.6) is 0 Å². The fourth-order valence-electron chi connectivity index (χ4n) is 2.91. The molecule has 0 saturated carbocycles. The highest BCUT2D eigenvalue weighted by atomic mass is 32.1. The normalized spacial score (nSPS) is 18.1. The largest absolute Gasteiger partial charge is 0.341 e. The Balaban J connectivity index is 1.65. The van der Waals surface area contributed by atoms with E-state index in [1.807, 2.05) is 24.8 Å². The van der Waals surface area contributed by atoms with Gasteiger partial charge in [-0.2, -0.15) is 0 Å². The number of carbonyl (C=O) groups excluding carboxylic acids is 1. The molecule has 0 unspecified atom stereocenters. The molecule has 1 fully saturated rings. The summed E-state index contributed by atoms with van der Waals surface area (Å²) >= 11 is 1.79. The summed E-state index contributed by atoms with van der Waals surface area (Å²) in [6.45, 7) is 5.58. The van der Waals surface area contributed by atoms with Crippen molar-refractivity contribution in [3.63, 3.8) is 0 Å². The van der Waals surface area contributed by atoms with Crippen LogP contribution in [0, 0.1) is 5.92 Å². The van der Waals surface area contributed by atoms with Crippen LogP contribution < -0.4 is 5.73 Å². The van der Waals surface area contributed by atoms with Crippen molar-refractivity contribution >= 4 is 27.5 Å². The lowest BCUT2D eigenvalue weighted by Crippen LogP contribution is -2.49. The van der Waals surface area contributed by atoms with Crippen molar-refractivity contribution in [3.05, 3.63) is 29.3 Å². The standard InChI is InChI=1S/C17H23N3OS/c1-11(2)15(18)17(21)20-9-7-12(8-10-20)16-19-13-5-3-4-6-14(13)22-16/h3-6,11-12,15H,7-10,18H2,1-2H3/t15-/m1/s1. The maximum atomic E-state index is 12.3. The van der Waals surface area contributed by atoms with E-state index >= 15 is 0 Å². The van der Waals surface area contributed by atoms with E-state index in [1.165, 1.54) is 9.71 Å². The van der Waals surface area contributed by atoms with Gasteiger partial charge in [0.15, 0.2) is 0 Å². The minimum absolute atomic E-state index is 0.0951. The third kappa shape index (κ3) is 3.01. The molecule has 1 aromatic carbocycles. The molecule has 3 rings (SSSR count).